The molecule has 0 N–H and O–H groups in total. The molecule has 178 valence electrons. The van der Waals surface area contributed by atoms with Gasteiger partial charge in [-0.1, -0.05) is 60.1 Å². The summed E-state index contributed by atoms with van der Waals surface area (Å²) in [7, 11) is 0. The number of rotatable bonds is 6. The number of ether oxygens (including phenoxy) is 1. The van der Waals surface area contributed by atoms with Crippen molar-refractivity contribution < 1.29 is 18.3 Å². The predicted octanol–water partition coefficient (Wildman–Crippen LogP) is 7.37. The number of carbonyl (C=O) groups is 1. The lowest BCUT2D eigenvalue weighted by Gasteiger charge is -2.12. The Bertz CT molecular complexity index is 1590. The van der Waals surface area contributed by atoms with E-state index in [9.17, 15) is 13.6 Å². The van der Waals surface area contributed by atoms with Gasteiger partial charge in [-0.3, -0.25) is 0 Å². The molecule has 0 unspecified atom stereocenters. The minimum Gasteiger partial charge on any atom is -0.422 e. The maximum Gasteiger partial charge on any atom is 0.346 e. The van der Waals surface area contributed by atoms with Crippen LogP contribution in [-0.2, 0) is 11.3 Å². The fraction of sp³-hybridized carbons (Fsp3) is 0.0345. The summed E-state index contributed by atoms with van der Waals surface area (Å²) in [6.45, 7) is 0.440. The number of hydrogen-bond donors (Lipinski definition) is 0. The van der Waals surface area contributed by atoms with Crippen molar-refractivity contribution in [2.75, 3.05) is 0 Å². The number of carbonyl (C=O) groups excluding carboxylic acids is 1. The lowest BCUT2D eigenvalue weighted by molar-refractivity contribution is 0.0688. The van der Waals surface area contributed by atoms with E-state index in [1.54, 1.807) is 18.2 Å². The average molecular weight is 501 g/mol. The summed E-state index contributed by atoms with van der Waals surface area (Å²) in [6.07, 6.45) is 1.49. The van der Waals surface area contributed by atoms with Crippen LogP contribution in [0.25, 0.3) is 22.9 Å². The molecule has 1 aromatic heterocycles. The highest BCUT2D eigenvalue weighted by Gasteiger charge is 2.20. The molecule has 0 saturated heterocycles. The van der Waals surface area contributed by atoms with Crippen LogP contribution in [0.5, 0.6) is 0 Å². The zero-order chi connectivity index (χ0) is 25.1. The quantitative estimate of drug-likeness (QED) is 0.180. The van der Waals surface area contributed by atoms with Gasteiger partial charge in [0.1, 0.15) is 23.2 Å². The zero-order valence-electron chi connectivity index (χ0n) is 18.9. The van der Waals surface area contributed by atoms with Crippen LogP contribution >= 0.6 is 11.6 Å². The van der Waals surface area contributed by atoms with E-state index in [1.165, 1.54) is 42.5 Å². The Morgan fingerprint density at radius 2 is 1.44 bits per heavy atom. The van der Waals surface area contributed by atoms with Gasteiger partial charge < -0.3 is 9.30 Å². The summed E-state index contributed by atoms with van der Waals surface area (Å²) in [5, 5.41) is 0.622. The molecule has 0 saturated carbocycles. The monoisotopic (exact) mass is 500 g/mol. The predicted molar refractivity (Wildman–Crippen MR) is 136 cm³/mol. The van der Waals surface area contributed by atoms with Crippen LogP contribution in [0.15, 0.2) is 97.1 Å². The highest BCUT2D eigenvalue weighted by molar-refractivity contribution is 6.30. The number of nitrogens with zero attached hydrogens (tertiary/aromatic N) is 2. The largest absolute Gasteiger partial charge is 0.422 e. The van der Waals surface area contributed by atoms with Gasteiger partial charge in [0.05, 0.1) is 22.2 Å². The van der Waals surface area contributed by atoms with E-state index in [0.717, 1.165) is 17.1 Å². The topological polar surface area (TPSA) is 44.1 Å². The highest BCUT2D eigenvalue weighted by atomic mass is 35.5. The summed E-state index contributed by atoms with van der Waals surface area (Å²) in [4.78, 5) is 17.6. The first-order valence-corrected chi connectivity index (χ1v) is 11.5. The van der Waals surface area contributed by atoms with Crippen molar-refractivity contribution in [3.05, 3.63) is 136 Å². The maximum absolute atomic E-state index is 14.8. The van der Waals surface area contributed by atoms with E-state index in [-0.39, 0.29) is 16.9 Å². The fourth-order valence-corrected chi connectivity index (χ4v) is 3.99. The number of esters is 1. The number of halogens is 3. The van der Waals surface area contributed by atoms with Gasteiger partial charge in [0, 0.05) is 17.6 Å². The van der Waals surface area contributed by atoms with Crippen molar-refractivity contribution in [2.24, 2.45) is 0 Å². The Kier molecular flexibility index (Phi) is 6.60. The Balaban J connectivity index is 1.63. The van der Waals surface area contributed by atoms with Crippen LogP contribution in [-0.4, -0.2) is 15.5 Å². The van der Waals surface area contributed by atoms with Gasteiger partial charge in [-0.05, 0) is 54.1 Å². The number of para-hydroxylation sites is 2. The molecule has 0 aliphatic carbocycles. The number of hydrogen-bond acceptors (Lipinski definition) is 3. The number of imidazole rings is 1. The molecule has 0 aliphatic rings. The third-order valence-corrected chi connectivity index (χ3v) is 5.89. The van der Waals surface area contributed by atoms with Crippen molar-refractivity contribution in [2.45, 2.75) is 6.54 Å². The average Bonchev–Trinajstić information content (AvgIpc) is 3.22. The maximum atomic E-state index is 14.8. The Morgan fingerprint density at radius 1 is 0.833 bits per heavy atom. The molecule has 0 amide bonds. The van der Waals surface area contributed by atoms with Gasteiger partial charge in [-0.25, -0.2) is 18.6 Å². The van der Waals surface area contributed by atoms with E-state index in [1.807, 2.05) is 41.0 Å². The summed E-state index contributed by atoms with van der Waals surface area (Å²) >= 11 is 6.04. The van der Waals surface area contributed by atoms with Crippen LogP contribution in [0, 0.1) is 11.6 Å². The van der Waals surface area contributed by atoms with Crippen molar-refractivity contribution in [3.8, 4) is 0 Å². The molecule has 0 atom stereocenters. The Labute approximate surface area is 211 Å². The standard InChI is InChI=1S/C29H19ClF2N2O2/c30-20-15-13-19(14-16-20)18-34-26-12-6-5-11-25(26)33-28(34)17-27(21-7-1-3-9-23(21)31)36-29(35)22-8-2-4-10-24(22)32/h1-17H,18H2. The van der Waals surface area contributed by atoms with E-state index in [0.29, 0.717) is 22.9 Å². The smallest absolute Gasteiger partial charge is 0.346 e. The van der Waals surface area contributed by atoms with Crippen molar-refractivity contribution in [3.63, 3.8) is 0 Å². The fourth-order valence-electron chi connectivity index (χ4n) is 3.86. The molecule has 5 aromatic rings. The van der Waals surface area contributed by atoms with Gasteiger partial charge >= 0.3 is 5.97 Å². The van der Waals surface area contributed by atoms with Gasteiger partial charge in [-0.2, -0.15) is 0 Å². The Morgan fingerprint density at radius 3 is 2.14 bits per heavy atom. The molecule has 0 radical (unpaired) electrons. The minimum atomic E-state index is -0.942. The second-order valence-corrected chi connectivity index (χ2v) is 8.47. The molecule has 5 rings (SSSR count). The summed E-state index contributed by atoms with van der Waals surface area (Å²) in [5.41, 5.74) is 2.31. The van der Waals surface area contributed by atoms with E-state index in [4.69, 9.17) is 21.3 Å². The third kappa shape index (κ3) is 4.90. The van der Waals surface area contributed by atoms with Crippen LogP contribution in [0.3, 0.4) is 0 Å². The van der Waals surface area contributed by atoms with Crippen molar-refractivity contribution in [1.82, 2.24) is 9.55 Å². The van der Waals surface area contributed by atoms with Crippen molar-refractivity contribution >= 4 is 40.4 Å². The van der Waals surface area contributed by atoms with E-state index >= 15 is 0 Å². The van der Waals surface area contributed by atoms with Crippen LogP contribution in [0.1, 0.15) is 27.3 Å². The molecule has 0 aliphatic heterocycles. The van der Waals surface area contributed by atoms with Gasteiger partial charge in [0.15, 0.2) is 0 Å². The highest BCUT2D eigenvalue weighted by Crippen LogP contribution is 2.27. The minimum absolute atomic E-state index is 0.0484. The molecule has 0 bridgehead atoms. The van der Waals surface area contributed by atoms with Gasteiger partial charge in [-0.15, -0.1) is 0 Å². The third-order valence-electron chi connectivity index (χ3n) is 5.63. The lowest BCUT2D eigenvalue weighted by atomic mass is 10.1. The molecular formula is C29H19ClF2N2O2. The van der Waals surface area contributed by atoms with Crippen LogP contribution < -0.4 is 0 Å². The van der Waals surface area contributed by atoms with E-state index in [2.05, 4.69) is 0 Å². The SMILES string of the molecule is O=C(OC(=Cc1nc2ccccc2n1Cc1ccc(Cl)cc1)c1ccccc1F)c1ccccc1F. The molecule has 1 heterocycles. The van der Waals surface area contributed by atoms with Crippen molar-refractivity contribution in [1.29, 1.82) is 0 Å². The number of benzene rings is 4. The van der Waals surface area contributed by atoms with Gasteiger partial charge in [0.25, 0.3) is 0 Å². The first kappa shape index (κ1) is 23.5. The first-order chi connectivity index (χ1) is 17.5. The second kappa shape index (κ2) is 10.1. The summed E-state index contributed by atoms with van der Waals surface area (Å²) in [5.74, 6) is -1.92. The molecule has 36 heavy (non-hydrogen) atoms. The molecular weight excluding hydrogens is 482 g/mol. The van der Waals surface area contributed by atoms with Crippen LogP contribution in [0.2, 0.25) is 5.02 Å². The van der Waals surface area contributed by atoms with E-state index < -0.39 is 17.6 Å². The molecule has 4 aromatic carbocycles. The van der Waals surface area contributed by atoms with Gasteiger partial charge in [0.2, 0.25) is 0 Å². The normalized spacial score (nSPS) is 11.6. The molecule has 0 fully saturated rings. The summed E-state index contributed by atoms with van der Waals surface area (Å²) < 4.78 is 36.6. The summed E-state index contributed by atoms with van der Waals surface area (Å²) in [6, 6.07) is 26.3. The second-order valence-electron chi connectivity index (χ2n) is 8.03. The number of fused-ring (bicyclic) bond motifs is 1. The first-order valence-electron chi connectivity index (χ1n) is 11.1. The molecule has 7 heteroatoms. The zero-order valence-corrected chi connectivity index (χ0v) is 19.6. The molecule has 0 spiro atoms. The lowest BCUT2D eigenvalue weighted by Crippen LogP contribution is -2.09. The number of aromatic nitrogens is 2. The molecule has 4 nitrogen and oxygen atoms in total. The van der Waals surface area contributed by atoms with Crippen LogP contribution in [0.4, 0.5) is 8.78 Å². The Hall–Kier alpha value is -4.29.